The van der Waals surface area contributed by atoms with Crippen LogP contribution in [0.3, 0.4) is 0 Å². The van der Waals surface area contributed by atoms with E-state index in [1.54, 1.807) is 10.9 Å². The van der Waals surface area contributed by atoms with Crippen molar-refractivity contribution in [1.82, 2.24) is 29.9 Å². The van der Waals surface area contributed by atoms with Gasteiger partial charge in [0.1, 0.15) is 5.52 Å². The summed E-state index contributed by atoms with van der Waals surface area (Å²) in [5, 5.41) is 22.7. The van der Waals surface area contributed by atoms with Crippen LogP contribution in [0.15, 0.2) is 18.5 Å². The highest BCUT2D eigenvalue weighted by Crippen LogP contribution is 2.29. The van der Waals surface area contributed by atoms with Crippen molar-refractivity contribution in [2.45, 2.75) is 32.1 Å². The third-order valence-corrected chi connectivity index (χ3v) is 4.01. The molecule has 1 fully saturated rings. The largest absolute Gasteiger partial charge is 0.417 e. The number of ether oxygens (including phenoxy) is 1. The smallest absolute Gasteiger partial charge is 0.388 e. The quantitative estimate of drug-likeness (QED) is 0.619. The number of H-pyrrole nitrogens is 1. The zero-order chi connectivity index (χ0) is 17.4. The minimum Gasteiger partial charge on any atom is -0.417 e. The van der Waals surface area contributed by atoms with Gasteiger partial charge in [-0.15, -0.1) is 0 Å². The standard InChI is InChI=1S/C14H15F2N7O2/c15-14(16)25-12-3-10(21-22-12)19-11-5-17-9-4-18-23(13(9)20-11)6-7-1-8(24)2-7/h3-5,7-8,14,24H,1-2,6H2,(H2,19,20,21,22)/t7-,8-. The summed E-state index contributed by atoms with van der Waals surface area (Å²) in [6.45, 7) is -2.27. The number of anilines is 2. The molecular formula is C14H15F2N7O2. The molecule has 0 spiro atoms. The lowest BCUT2D eigenvalue weighted by molar-refractivity contribution is -0.0528. The summed E-state index contributed by atoms with van der Waals surface area (Å²) in [7, 11) is 0. The highest BCUT2D eigenvalue weighted by molar-refractivity contribution is 5.71. The Morgan fingerprint density at radius 2 is 2.20 bits per heavy atom. The molecule has 11 heteroatoms. The first-order valence-electron chi connectivity index (χ1n) is 7.70. The molecule has 0 unspecified atom stereocenters. The van der Waals surface area contributed by atoms with E-state index in [0.29, 0.717) is 29.4 Å². The predicted octanol–water partition coefficient (Wildman–Crippen LogP) is 1.67. The van der Waals surface area contributed by atoms with Gasteiger partial charge >= 0.3 is 6.61 Å². The van der Waals surface area contributed by atoms with Gasteiger partial charge in [0, 0.05) is 12.6 Å². The van der Waals surface area contributed by atoms with Gasteiger partial charge in [0.2, 0.25) is 5.88 Å². The first-order valence-corrected chi connectivity index (χ1v) is 7.70. The van der Waals surface area contributed by atoms with E-state index in [9.17, 15) is 13.9 Å². The van der Waals surface area contributed by atoms with E-state index in [0.717, 1.165) is 12.8 Å². The molecule has 0 aromatic carbocycles. The molecule has 9 nitrogen and oxygen atoms in total. The molecule has 4 rings (SSSR count). The SMILES string of the molecule is O[C@H]1C[C@H](Cn2ncc3ncc(Nc4cc(OC(F)F)[nH]n4)nc32)C1. The van der Waals surface area contributed by atoms with Gasteiger partial charge in [0.15, 0.2) is 17.3 Å². The molecule has 132 valence electrons. The zero-order valence-corrected chi connectivity index (χ0v) is 12.9. The lowest BCUT2D eigenvalue weighted by atomic mass is 9.82. The van der Waals surface area contributed by atoms with Gasteiger partial charge in [-0.05, 0) is 18.8 Å². The number of nitrogens with one attached hydrogen (secondary N) is 2. The van der Waals surface area contributed by atoms with E-state index in [4.69, 9.17) is 0 Å². The molecule has 0 saturated heterocycles. The summed E-state index contributed by atoms with van der Waals surface area (Å²) in [5.74, 6) is 0.896. The van der Waals surface area contributed by atoms with E-state index in [1.165, 1.54) is 12.3 Å². The van der Waals surface area contributed by atoms with Crippen LogP contribution in [0.5, 0.6) is 5.88 Å². The highest BCUT2D eigenvalue weighted by Gasteiger charge is 2.28. The summed E-state index contributed by atoms with van der Waals surface area (Å²) in [5.41, 5.74) is 1.25. The number of alkyl halides is 2. The molecule has 1 aliphatic carbocycles. The topological polar surface area (TPSA) is 114 Å². The lowest BCUT2D eigenvalue weighted by Gasteiger charge is -2.31. The van der Waals surface area contributed by atoms with Gasteiger partial charge in [-0.25, -0.2) is 19.7 Å². The Morgan fingerprint density at radius 3 is 2.96 bits per heavy atom. The number of aliphatic hydroxyl groups excluding tert-OH is 1. The van der Waals surface area contributed by atoms with Gasteiger partial charge in [-0.3, -0.25) is 0 Å². The summed E-state index contributed by atoms with van der Waals surface area (Å²) in [6.07, 6.45) is 4.42. The Labute approximate surface area is 140 Å². The van der Waals surface area contributed by atoms with E-state index in [1.807, 2.05) is 0 Å². The van der Waals surface area contributed by atoms with Crippen LogP contribution < -0.4 is 10.1 Å². The summed E-state index contributed by atoms with van der Waals surface area (Å²) < 4.78 is 30.3. The Kier molecular flexibility index (Phi) is 3.92. The average Bonchev–Trinajstić information content (AvgIpc) is 3.12. The van der Waals surface area contributed by atoms with Crippen LogP contribution in [0.2, 0.25) is 0 Å². The maximum Gasteiger partial charge on any atom is 0.388 e. The normalized spacial score (nSPS) is 20.0. The van der Waals surface area contributed by atoms with Crippen LogP contribution in [0.4, 0.5) is 20.4 Å². The second-order valence-corrected chi connectivity index (χ2v) is 5.90. The second-order valence-electron chi connectivity index (χ2n) is 5.90. The van der Waals surface area contributed by atoms with Crippen molar-refractivity contribution in [2.24, 2.45) is 5.92 Å². The second kappa shape index (κ2) is 6.24. The number of aromatic amines is 1. The summed E-state index contributed by atoms with van der Waals surface area (Å²) in [4.78, 5) is 8.72. The van der Waals surface area contributed by atoms with Crippen molar-refractivity contribution < 1.29 is 18.6 Å². The number of aliphatic hydroxyl groups is 1. The minimum atomic E-state index is -2.93. The molecule has 3 heterocycles. The Morgan fingerprint density at radius 1 is 1.36 bits per heavy atom. The van der Waals surface area contributed by atoms with Crippen LogP contribution in [0, 0.1) is 5.92 Å². The fraction of sp³-hybridized carbons (Fsp3) is 0.429. The van der Waals surface area contributed by atoms with Crippen molar-refractivity contribution in [3.8, 4) is 5.88 Å². The van der Waals surface area contributed by atoms with Crippen LogP contribution in [0.1, 0.15) is 12.8 Å². The third kappa shape index (κ3) is 3.36. The van der Waals surface area contributed by atoms with E-state index in [-0.39, 0.29) is 17.8 Å². The van der Waals surface area contributed by atoms with Crippen molar-refractivity contribution in [3.05, 3.63) is 18.5 Å². The van der Waals surface area contributed by atoms with Crippen molar-refractivity contribution in [1.29, 1.82) is 0 Å². The van der Waals surface area contributed by atoms with Crippen LogP contribution in [-0.4, -0.2) is 47.8 Å². The van der Waals surface area contributed by atoms with E-state index >= 15 is 0 Å². The van der Waals surface area contributed by atoms with Crippen molar-refractivity contribution in [3.63, 3.8) is 0 Å². The minimum absolute atomic E-state index is 0.153. The van der Waals surface area contributed by atoms with Gasteiger partial charge in [-0.2, -0.15) is 19.0 Å². The zero-order valence-electron chi connectivity index (χ0n) is 12.9. The van der Waals surface area contributed by atoms with Crippen molar-refractivity contribution in [2.75, 3.05) is 5.32 Å². The molecule has 3 aromatic heterocycles. The summed E-state index contributed by atoms with van der Waals surface area (Å²) in [6, 6.07) is 1.30. The number of aromatic nitrogens is 6. The Balaban J connectivity index is 1.51. The fourth-order valence-electron chi connectivity index (χ4n) is 2.79. The number of rotatable bonds is 6. The summed E-state index contributed by atoms with van der Waals surface area (Å²) >= 11 is 0. The van der Waals surface area contributed by atoms with Crippen LogP contribution in [-0.2, 0) is 6.54 Å². The first kappa shape index (κ1) is 15.7. The van der Waals surface area contributed by atoms with E-state index in [2.05, 4.69) is 35.3 Å². The first-order chi connectivity index (χ1) is 12.1. The van der Waals surface area contributed by atoms with Gasteiger partial charge in [-0.1, -0.05) is 0 Å². The molecule has 3 aromatic rings. The monoisotopic (exact) mass is 351 g/mol. The molecule has 0 radical (unpaired) electrons. The van der Waals surface area contributed by atoms with Crippen LogP contribution in [0.25, 0.3) is 11.2 Å². The molecule has 1 aliphatic rings. The maximum atomic E-state index is 12.2. The fourth-order valence-corrected chi connectivity index (χ4v) is 2.79. The van der Waals surface area contributed by atoms with Gasteiger partial charge in [0.05, 0.1) is 18.5 Å². The molecule has 1 saturated carbocycles. The van der Waals surface area contributed by atoms with E-state index < -0.39 is 6.61 Å². The molecular weight excluding hydrogens is 336 g/mol. The van der Waals surface area contributed by atoms with Gasteiger partial charge < -0.3 is 15.2 Å². The molecule has 0 atom stereocenters. The lowest BCUT2D eigenvalue weighted by Crippen LogP contribution is -2.31. The van der Waals surface area contributed by atoms with Gasteiger partial charge in [0.25, 0.3) is 0 Å². The molecule has 0 amide bonds. The molecule has 3 N–H and O–H groups in total. The molecule has 0 aliphatic heterocycles. The Bertz CT molecular complexity index is 875. The number of hydrogen-bond donors (Lipinski definition) is 3. The number of halogens is 2. The average molecular weight is 351 g/mol. The predicted molar refractivity (Wildman–Crippen MR) is 82.6 cm³/mol. The molecule has 25 heavy (non-hydrogen) atoms. The third-order valence-electron chi connectivity index (χ3n) is 4.01. The van der Waals surface area contributed by atoms with Crippen molar-refractivity contribution >= 4 is 22.8 Å². The van der Waals surface area contributed by atoms with Crippen LogP contribution >= 0.6 is 0 Å². The number of nitrogens with zero attached hydrogens (tertiary/aromatic N) is 5. The number of fused-ring (bicyclic) bond motifs is 1. The number of hydrogen-bond acceptors (Lipinski definition) is 7. The maximum absolute atomic E-state index is 12.2. The highest BCUT2D eigenvalue weighted by atomic mass is 19.3. The molecule has 0 bridgehead atoms. The Hall–Kier alpha value is -2.82.